The fourth-order valence-corrected chi connectivity index (χ4v) is 2.10. The van der Waals surface area contributed by atoms with E-state index >= 15 is 0 Å². The number of nitrogens with zero attached hydrogens (tertiary/aromatic N) is 3. The summed E-state index contributed by atoms with van der Waals surface area (Å²) in [5.41, 5.74) is 5.31. The third-order valence-electron chi connectivity index (χ3n) is 3.22. The van der Waals surface area contributed by atoms with Crippen molar-refractivity contribution < 1.29 is 0 Å². The molecule has 2 heterocycles. The highest BCUT2D eigenvalue weighted by molar-refractivity contribution is 6.17. The molecule has 0 fully saturated rings. The molecule has 1 aliphatic heterocycles. The van der Waals surface area contributed by atoms with Gasteiger partial charge in [0.05, 0.1) is 18.5 Å². The third-order valence-corrected chi connectivity index (χ3v) is 3.22. The number of aromatic amines is 1. The Morgan fingerprint density at radius 1 is 1.26 bits per heavy atom. The Morgan fingerprint density at radius 3 is 2.89 bits per heavy atom. The molecule has 2 aromatic rings. The van der Waals surface area contributed by atoms with Gasteiger partial charge in [-0.3, -0.25) is 10.1 Å². The van der Waals surface area contributed by atoms with Crippen LogP contribution in [0.5, 0.6) is 0 Å². The number of anilines is 1. The Labute approximate surface area is 111 Å². The van der Waals surface area contributed by atoms with Crippen LogP contribution >= 0.6 is 0 Å². The number of H-pyrrole nitrogens is 1. The largest absolute Gasteiger partial charge is 0.388 e. The Morgan fingerprint density at radius 2 is 2.16 bits per heavy atom. The number of aryl methyl sites for hydroxylation is 1. The first-order valence-corrected chi connectivity index (χ1v) is 6.18. The van der Waals surface area contributed by atoms with Crippen molar-refractivity contribution in [2.45, 2.75) is 6.92 Å². The summed E-state index contributed by atoms with van der Waals surface area (Å²) in [6, 6.07) is 6.21. The van der Waals surface area contributed by atoms with Gasteiger partial charge in [0.2, 0.25) is 0 Å². The van der Waals surface area contributed by atoms with E-state index in [0.29, 0.717) is 6.54 Å². The van der Waals surface area contributed by atoms with Crippen molar-refractivity contribution in [2.24, 2.45) is 9.98 Å². The lowest BCUT2D eigenvalue weighted by Crippen LogP contribution is -2.00. The first-order chi connectivity index (χ1) is 9.28. The molecule has 0 saturated heterocycles. The van der Waals surface area contributed by atoms with Gasteiger partial charge in [0, 0.05) is 30.1 Å². The van der Waals surface area contributed by atoms with Crippen LogP contribution in [0.1, 0.15) is 16.7 Å². The summed E-state index contributed by atoms with van der Waals surface area (Å²) >= 11 is 0. The van der Waals surface area contributed by atoms with Crippen molar-refractivity contribution in [3.8, 4) is 0 Å². The maximum Gasteiger partial charge on any atom is 0.155 e. The van der Waals surface area contributed by atoms with Gasteiger partial charge in [-0.05, 0) is 18.6 Å². The molecule has 1 aromatic heterocycles. The van der Waals surface area contributed by atoms with Crippen molar-refractivity contribution in [1.29, 1.82) is 0 Å². The van der Waals surface area contributed by atoms with Crippen LogP contribution < -0.4 is 5.32 Å². The van der Waals surface area contributed by atoms with E-state index in [0.717, 1.165) is 28.4 Å². The van der Waals surface area contributed by atoms with E-state index in [1.165, 1.54) is 5.56 Å². The molecular formula is C14H15N5. The minimum Gasteiger partial charge on any atom is -0.388 e. The number of amidine groups is 1. The standard InChI is InChI=1S/C14H15N5/c1-9-3-4-10(5-12(9)15-2)14-16-8-13(19-14)11-6-17-18-7-11/h3-7,15H,8H2,1-2H3,(H,17,18). The molecule has 0 bridgehead atoms. The second-order valence-corrected chi connectivity index (χ2v) is 4.47. The molecule has 0 saturated carbocycles. The molecule has 96 valence electrons. The Kier molecular flexibility index (Phi) is 2.87. The molecule has 0 unspecified atom stereocenters. The molecule has 0 amide bonds. The zero-order valence-electron chi connectivity index (χ0n) is 10.9. The van der Waals surface area contributed by atoms with Crippen molar-refractivity contribution in [2.75, 3.05) is 18.9 Å². The summed E-state index contributed by atoms with van der Waals surface area (Å²) in [5, 5.41) is 9.91. The lowest BCUT2D eigenvalue weighted by molar-refractivity contribution is 1.09. The molecule has 0 aliphatic carbocycles. The van der Waals surface area contributed by atoms with Gasteiger partial charge in [0.25, 0.3) is 0 Å². The van der Waals surface area contributed by atoms with Crippen molar-refractivity contribution in [3.05, 3.63) is 47.3 Å². The molecule has 3 rings (SSSR count). The van der Waals surface area contributed by atoms with Gasteiger partial charge in [-0.25, -0.2) is 4.99 Å². The maximum atomic E-state index is 4.58. The van der Waals surface area contributed by atoms with Gasteiger partial charge in [-0.15, -0.1) is 0 Å². The van der Waals surface area contributed by atoms with E-state index in [2.05, 4.69) is 50.6 Å². The number of benzene rings is 1. The first kappa shape index (κ1) is 11.6. The number of hydrogen-bond acceptors (Lipinski definition) is 4. The second-order valence-electron chi connectivity index (χ2n) is 4.47. The highest BCUT2D eigenvalue weighted by atomic mass is 15.1. The number of nitrogens with one attached hydrogen (secondary N) is 2. The molecule has 2 N–H and O–H groups in total. The predicted octanol–water partition coefficient (Wildman–Crippen LogP) is 2.01. The van der Waals surface area contributed by atoms with Crippen LogP contribution in [0.4, 0.5) is 5.69 Å². The van der Waals surface area contributed by atoms with E-state index < -0.39 is 0 Å². The minimum absolute atomic E-state index is 0.609. The fourth-order valence-electron chi connectivity index (χ4n) is 2.10. The van der Waals surface area contributed by atoms with Crippen molar-refractivity contribution >= 4 is 17.2 Å². The predicted molar refractivity (Wildman–Crippen MR) is 77.3 cm³/mol. The quantitative estimate of drug-likeness (QED) is 0.878. The SMILES string of the molecule is CNc1cc(C2=NCC(c3cn[nH]c3)=N2)ccc1C. The van der Waals surface area contributed by atoms with Crippen LogP contribution in [-0.4, -0.2) is 35.3 Å². The summed E-state index contributed by atoms with van der Waals surface area (Å²) < 4.78 is 0. The third kappa shape index (κ3) is 2.14. The maximum absolute atomic E-state index is 4.58. The fraction of sp³-hybridized carbons (Fsp3) is 0.214. The zero-order valence-corrected chi connectivity index (χ0v) is 10.9. The summed E-state index contributed by atoms with van der Waals surface area (Å²) in [4.78, 5) is 9.08. The molecule has 5 heteroatoms. The van der Waals surface area contributed by atoms with Gasteiger partial charge >= 0.3 is 0 Å². The normalized spacial score (nSPS) is 14.2. The molecule has 0 atom stereocenters. The average Bonchev–Trinajstić information content (AvgIpc) is 3.10. The molecule has 0 radical (unpaired) electrons. The van der Waals surface area contributed by atoms with Crippen molar-refractivity contribution in [1.82, 2.24) is 10.2 Å². The van der Waals surface area contributed by atoms with Crippen LogP contribution in [0, 0.1) is 6.92 Å². The van der Waals surface area contributed by atoms with Crippen LogP contribution in [0.15, 0.2) is 40.6 Å². The number of hydrogen-bond donors (Lipinski definition) is 2. The lowest BCUT2D eigenvalue weighted by atomic mass is 10.1. The number of aliphatic imine (C=N–C) groups is 2. The highest BCUT2D eigenvalue weighted by Gasteiger charge is 2.15. The lowest BCUT2D eigenvalue weighted by Gasteiger charge is -2.06. The molecular weight excluding hydrogens is 238 g/mol. The Bertz CT molecular complexity index is 652. The molecule has 19 heavy (non-hydrogen) atoms. The Hall–Kier alpha value is -2.43. The molecule has 0 spiro atoms. The number of aromatic nitrogens is 2. The summed E-state index contributed by atoms with van der Waals surface area (Å²) in [6.07, 6.45) is 3.61. The van der Waals surface area contributed by atoms with Crippen molar-refractivity contribution in [3.63, 3.8) is 0 Å². The van der Waals surface area contributed by atoms with E-state index in [9.17, 15) is 0 Å². The number of rotatable bonds is 3. The minimum atomic E-state index is 0.609. The van der Waals surface area contributed by atoms with Gasteiger partial charge in [-0.2, -0.15) is 5.10 Å². The van der Waals surface area contributed by atoms with Crippen LogP contribution in [0.3, 0.4) is 0 Å². The summed E-state index contributed by atoms with van der Waals surface area (Å²) in [7, 11) is 1.92. The van der Waals surface area contributed by atoms with Crippen LogP contribution in [0.25, 0.3) is 0 Å². The average molecular weight is 253 g/mol. The van der Waals surface area contributed by atoms with Crippen LogP contribution in [0.2, 0.25) is 0 Å². The van der Waals surface area contributed by atoms with Gasteiger partial charge in [0.15, 0.2) is 5.84 Å². The molecule has 5 nitrogen and oxygen atoms in total. The first-order valence-electron chi connectivity index (χ1n) is 6.18. The monoisotopic (exact) mass is 253 g/mol. The van der Waals surface area contributed by atoms with E-state index in [-0.39, 0.29) is 0 Å². The molecule has 1 aliphatic rings. The zero-order chi connectivity index (χ0) is 13.2. The van der Waals surface area contributed by atoms with Gasteiger partial charge < -0.3 is 5.32 Å². The van der Waals surface area contributed by atoms with Crippen LogP contribution in [-0.2, 0) is 0 Å². The smallest absolute Gasteiger partial charge is 0.155 e. The summed E-state index contributed by atoms with van der Waals surface area (Å²) in [6.45, 7) is 2.68. The highest BCUT2D eigenvalue weighted by Crippen LogP contribution is 2.19. The van der Waals surface area contributed by atoms with Gasteiger partial charge in [0.1, 0.15) is 0 Å². The van der Waals surface area contributed by atoms with Gasteiger partial charge in [-0.1, -0.05) is 12.1 Å². The molecule has 1 aromatic carbocycles. The second kappa shape index (κ2) is 4.68. The van der Waals surface area contributed by atoms with E-state index in [4.69, 9.17) is 0 Å². The Balaban J connectivity index is 1.92. The van der Waals surface area contributed by atoms with E-state index in [1.54, 1.807) is 6.20 Å². The van der Waals surface area contributed by atoms with E-state index in [1.807, 2.05) is 13.2 Å². The topological polar surface area (TPSA) is 65.4 Å². The summed E-state index contributed by atoms with van der Waals surface area (Å²) in [5.74, 6) is 0.785.